The van der Waals surface area contributed by atoms with Crippen LogP contribution in [0.1, 0.15) is 182 Å². The third-order valence-electron chi connectivity index (χ3n) is 16.0. The van der Waals surface area contributed by atoms with Crippen molar-refractivity contribution in [2.45, 2.75) is 206 Å². The third-order valence-corrected chi connectivity index (χ3v) is 16.0. The maximum absolute atomic E-state index is 13.0. The molecule has 1 unspecified atom stereocenters. The zero-order chi connectivity index (χ0) is 82.0. The molecule has 0 spiro atoms. The average molecular weight is 1640 g/mol. The van der Waals surface area contributed by atoms with Gasteiger partial charge in [-0.1, -0.05) is 20.8 Å². The van der Waals surface area contributed by atoms with E-state index in [1.54, 1.807) is 7.11 Å². The fraction of sp³-hybridized carbons (Fsp3) is 0.974. The minimum absolute atomic E-state index is 0.144. The van der Waals surface area contributed by atoms with Crippen LogP contribution in [0.3, 0.4) is 0 Å². The standard InChI is InChI=1S/C67H134O22.C11H13F9O2/c1-5-67(2,3)66(68)89-65-25-64-88-63-24-62-87-61-23-60-86-59-22-58-85-57-21-56-84-55-20-54-83-53-19-52-82-51-18-50-81-49-17-48-80-47-16-46-79-45-15-44-78-43-14-42-77-41-13-40-76-39-12-38-75-37-11-36-74-35-10-34-73-33-9-32-72-31-8-30-71-29-7-28-70-27-6-26-69-4;1-3-6(2)7(21)22-5-4-8(12,13)9(14,15)10(16,17)11(18,19)20/h5-65H2,1-4H3;6H,3-5H2,1-2H3. The first-order chi connectivity index (χ1) is 53.7. The van der Waals surface area contributed by atoms with Crippen LogP contribution >= 0.6 is 0 Å². The predicted molar refractivity (Wildman–Crippen MR) is 401 cm³/mol. The minimum atomic E-state index is -6.93. The molecular formula is C78H147F9O24. The van der Waals surface area contributed by atoms with Gasteiger partial charge in [0.15, 0.2) is 0 Å². The molecule has 0 aromatic rings. The van der Waals surface area contributed by atoms with Gasteiger partial charge in [0.05, 0.1) is 31.0 Å². The molecule has 0 aliphatic carbocycles. The largest absolute Gasteiger partial charge is 0.465 e. The molecule has 0 aromatic carbocycles. The van der Waals surface area contributed by atoms with Crippen LogP contribution in [0.5, 0.6) is 0 Å². The van der Waals surface area contributed by atoms with E-state index >= 15 is 0 Å². The summed E-state index contributed by atoms with van der Waals surface area (Å²) in [7, 11) is 1.71. The van der Waals surface area contributed by atoms with Gasteiger partial charge in [0.1, 0.15) is 0 Å². The van der Waals surface area contributed by atoms with Crippen LogP contribution in [-0.2, 0) is 114 Å². The fourth-order valence-electron chi connectivity index (χ4n) is 8.80. The number of carbonyl (C=O) groups is 2. The second kappa shape index (κ2) is 81.3. The zero-order valence-electron chi connectivity index (χ0n) is 68.5. The second-order valence-corrected chi connectivity index (χ2v) is 26.7. The summed E-state index contributed by atoms with van der Waals surface area (Å²) in [5, 5.41) is 0. The summed E-state index contributed by atoms with van der Waals surface area (Å²) < 4.78 is 235. The van der Waals surface area contributed by atoms with Gasteiger partial charge in [0.2, 0.25) is 0 Å². The summed E-state index contributed by atoms with van der Waals surface area (Å²) >= 11 is 0. The van der Waals surface area contributed by atoms with Gasteiger partial charge in [0, 0.05) is 271 Å². The Balaban J connectivity index is 0. The molecule has 666 valence electrons. The number of halogens is 9. The number of alkyl halides is 9. The van der Waals surface area contributed by atoms with Crippen molar-refractivity contribution in [3.8, 4) is 0 Å². The topological polar surface area (TPSA) is 237 Å². The maximum atomic E-state index is 13.0. The van der Waals surface area contributed by atoms with E-state index in [9.17, 15) is 49.1 Å². The molecular weight excluding hydrogens is 1490 g/mol. The number of methoxy groups -OCH3 is 1. The highest BCUT2D eigenvalue weighted by molar-refractivity contribution is 5.75. The van der Waals surface area contributed by atoms with E-state index in [4.69, 9.17) is 99.5 Å². The lowest BCUT2D eigenvalue weighted by atomic mass is 9.91. The lowest BCUT2D eigenvalue weighted by Crippen LogP contribution is -2.61. The Morgan fingerprint density at radius 2 is 0.441 bits per heavy atom. The Labute approximate surface area is 658 Å². The first-order valence-electron chi connectivity index (χ1n) is 40.7. The molecule has 0 radical (unpaired) electrons. The molecule has 0 aromatic heterocycles. The van der Waals surface area contributed by atoms with Crippen LogP contribution in [-0.4, -0.2) is 314 Å². The molecule has 0 bridgehead atoms. The molecule has 0 saturated carbocycles. The van der Waals surface area contributed by atoms with Crippen molar-refractivity contribution in [3.05, 3.63) is 0 Å². The molecule has 0 amide bonds. The zero-order valence-corrected chi connectivity index (χ0v) is 68.5. The van der Waals surface area contributed by atoms with Gasteiger partial charge < -0.3 is 104 Å². The molecule has 0 aliphatic heterocycles. The fourth-order valence-corrected chi connectivity index (χ4v) is 8.80. The molecule has 1 atom stereocenters. The average Bonchev–Trinajstić information content (AvgIpc) is 0.747. The van der Waals surface area contributed by atoms with Crippen LogP contribution in [0.25, 0.3) is 0 Å². The summed E-state index contributed by atoms with van der Waals surface area (Å²) in [5.74, 6) is -21.3. The minimum Gasteiger partial charge on any atom is -0.465 e. The molecule has 24 nitrogen and oxygen atoms in total. The van der Waals surface area contributed by atoms with Crippen molar-refractivity contribution in [2.24, 2.45) is 11.3 Å². The van der Waals surface area contributed by atoms with Crippen molar-refractivity contribution >= 4 is 11.9 Å². The molecule has 0 aliphatic rings. The summed E-state index contributed by atoms with van der Waals surface area (Å²) in [6.45, 7) is 34.8. The van der Waals surface area contributed by atoms with Crippen molar-refractivity contribution < 1.29 is 153 Å². The number of hydrogen-bond acceptors (Lipinski definition) is 24. The van der Waals surface area contributed by atoms with E-state index in [1.807, 2.05) is 20.8 Å². The predicted octanol–water partition coefficient (Wildman–Crippen LogP) is 14.2. The Hall–Kier alpha value is -2.49. The Kier molecular flexibility index (Phi) is 80.9. The second-order valence-electron chi connectivity index (χ2n) is 26.7. The quantitative estimate of drug-likeness (QED) is 0.0312. The van der Waals surface area contributed by atoms with E-state index < -0.39 is 54.3 Å². The summed E-state index contributed by atoms with van der Waals surface area (Å²) in [4.78, 5) is 23.0. The lowest BCUT2D eigenvalue weighted by molar-refractivity contribution is -0.397. The monoisotopic (exact) mass is 1640 g/mol. The number of hydrogen-bond donors (Lipinski definition) is 0. The van der Waals surface area contributed by atoms with Gasteiger partial charge in [-0.05, 0) is 149 Å². The first-order valence-corrected chi connectivity index (χ1v) is 40.7. The van der Waals surface area contributed by atoms with Crippen LogP contribution in [0.4, 0.5) is 39.5 Å². The first kappa shape index (κ1) is 111. The molecule has 111 heavy (non-hydrogen) atoms. The highest BCUT2D eigenvalue weighted by Gasteiger charge is 2.81. The number of esters is 2. The summed E-state index contributed by atoms with van der Waals surface area (Å²) in [5.41, 5.74) is -0.422. The van der Waals surface area contributed by atoms with Crippen molar-refractivity contribution in [1.82, 2.24) is 0 Å². The number of rotatable bonds is 89. The lowest BCUT2D eigenvalue weighted by Gasteiger charge is -2.33. The van der Waals surface area contributed by atoms with Gasteiger partial charge in [0.25, 0.3) is 0 Å². The van der Waals surface area contributed by atoms with E-state index in [-0.39, 0.29) is 12.4 Å². The SMILES string of the molecule is CCC(C)(C)C(=O)OCCCOCCCOCCCOCCCOCCCOCCCOCCCOCCCOCCCOCCCOCCCOCCCOCCCOCCCOCCCOCCCOCCCOCCCOCCCOCCCOC.CCC(C)C(=O)OCCC(F)(F)C(F)(F)C(F)(F)C(F)(F)F. The maximum Gasteiger partial charge on any atom is 0.460 e. The van der Waals surface area contributed by atoms with E-state index in [2.05, 4.69) is 4.74 Å². The molecule has 0 N–H and O–H groups in total. The van der Waals surface area contributed by atoms with Crippen LogP contribution in [0, 0.1) is 11.3 Å². The molecule has 0 rings (SSSR count). The molecule has 0 heterocycles. The normalized spacial score (nSPS) is 12.6. The summed E-state index contributed by atoms with van der Waals surface area (Å²) in [6, 6.07) is 0. The van der Waals surface area contributed by atoms with Gasteiger partial charge in [-0.2, -0.15) is 39.5 Å². The number of ether oxygens (including phenoxy) is 22. The van der Waals surface area contributed by atoms with Crippen LogP contribution in [0.15, 0.2) is 0 Å². The number of carbonyl (C=O) groups excluding carboxylic acids is 2. The van der Waals surface area contributed by atoms with Gasteiger partial charge in [-0.25, -0.2) is 0 Å². The van der Waals surface area contributed by atoms with Gasteiger partial charge in [-0.15, -0.1) is 0 Å². The van der Waals surface area contributed by atoms with Gasteiger partial charge in [-0.3, -0.25) is 9.59 Å². The van der Waals surface area contributed by atoms with Crippen molar-refractivity contribution in [3.63, 3.8) is 0 Å². The van der Waals surface area contributed by atoms with Gasteiger partial charge >= 0.3 is 35.9 Å². The van der Waals surface area contributed by atoms with Crippen LogP contribution < -0.4 is 0 Å². The Morgan fingerprint density at radius 3 is 0.604 bits per heavy atom. The highest BCUT2D eigenvalue weighted by Crippen LogP contribution is 2.54. The molecule has 0 fully saturated rings. The summed E-state index contributed by atoms with van der Waals surface area (Å²) in [6.07, 6.45) is 9.54. The third kappa shape index (κ3) is 72.5. The smallest absolute Gasteiger partial charge is 0.460 e. The molecule has 33 heteroatoms. The van der Waals surface area contributed by atoms with E-state index in [1.165, 1.54) is 13.8 Å². The Bertz CT molecular complexity index is 1930. The van der Waals surface area contributed by atoms with Crippen molar-refractivity contribution in [1.29, 1.82) is 0 Å². The highest BCUT2D eigenvalue weighted by atomic mass is 19.4. The Morgan fingerprint density at radius 1 is 0.261 bits per heavy atom. The van der Waals surface area contributed by atoms with E-state index in [0.29, 0.717) is 238 Å². The van der Waals surface area contributed by atoms with E-state index in [0.717, 1.165) is 161 Å². The van der Waals surface area contributed by atoms with Crippen molar-refractivity contribution in [2.75, 3.05) is 278 Å². The molecule has 0 saturated heterocycles. The van der Waals surface area contributed by atoms with Crippen LogP contribution in [0.2, 0.25) is 0 Å².